The van der Waals surface area contributed by atoms with Gasteiger partial charge in [0.15, 0.2) is 0 Å². The van der Waals surface area contributed by atoms with Crippen molar-refractivity contribution in [2.75, 3.05) is 11.9 Å². The molecule has 0 radical (unpaired) electrons. The van der Waals surface area contributed by atoms with Crippen LogP contribution >= 0.6 is 0 Å². The van der Waals surface area contributed by atoms with Gasteiger partial charge in [0.1, 0.15) is 5.82 Å². The lowest BCUT2D eigenvalue weighted by molar-refractivity contribution is 0.281. The van der Waals surface area contributed by atoms with Crippen LogP contribution in [0.25, 0.3) is 0 Å². The van der Waals surface area contributed by atoms with E-state index in [2.05, 4.69) is 9.97 Å². The molecule has 1 unspecified atom stereocenters. The first-order chi connectivity index (χ1) is 9.13. The van der Waals surface area contributed by atoms with Gasteiger partial charge in [-0.3, -0.25) is 0 Å². The van der Waals surface area contributed by atoms with Gasteiger partial charge in [-0.15, -0.1) is 0 Å². The largest absolute Gasteiger partial charge is 0.392 e. The summed E-state index contributed by atoms with van der Waals surface area (Å²) in [6, 6.07) is 6.48. The van der Waals surface area contributed by atoms with E-state index in [1.54, 1.807) is 35.5 Å². The lowest BCUT2D eigenvalue weighted by Gasteiger charge is -2.25. The van der Waals surface area contributed by atoms with Gasteiger partial charge in [0.05, 0.1) is 12.6 Å². The number of aliphatic hydroxyl groups excluding tert-OH is 1. The molecule has 1 N–H and O–H groups in total. The lowest BCUT2D eigenvalue weighted by atomic mass is 10.1. The number of benzene rings is 1. The Morgan fingerprint density at radius 1 is 1.26 bits per heavy atom. The minimum atomic E-state index is -0.242. The maximum absolute atomic E-state index is 13.7. The molecule has 19 heavy (non-hydrogen) atoms. The van der Waals surface area contributed by atoms with E-state index in [9.17, 15) is 4.39 Å². The Balaban J connectivity index is 2.23. The van der Waals surface area contributed by atoms with Gasteiger partial charge >= 0.3 is 0 Å². The van der Waals surface area contributed by atoms with Crippen molar-refractivity contribution < 1.29 is 9.50 Å². The third kappa shape index (κ3) is 2.88. The number of nitrogens with zero attached hydrogens (tertiary/aromatic N) is 3. The molecule has 0 aliphatic carbocycles. The first-order valence-electron chi connectivity index (χ1n) is 6.02. The van der Waals surface area contributed by atoms with Crippen molar-refractivity contribution in [2.45, 2.75) is 19.6 Å². The number of halogens is 1. The molecule has 2 rings (SSSR count). The molecule has 0 amide bonds. The fourth-order valence-corrected chi connectivity index (χ4v) is 1.81. The number of anilines is 1. The predicted octanol–water partition coefficient (Wildman–Crippen LogP) is 2.31. The Morgan fingerprint density at radius 3 is 2.47 bits per heavy atom. The summed E-state index contributed by atoms with van der Waals surface area (Å²) in [5.41, 5.74) is 1.25. The molecule has 0 fully saturated rings. The van der Waals surface area contributed by atoms with Crippen molar-refractivity contribution in [1.29, 1.82) is 0 Å². The Hall–Kier alpha value is -2.01. The Morgan fingerprint density at radius 2 is 1.89 bits per heavy atom. The van der Waals surface area contributed by atoms with Crippen LogP contribution in [-0.4, -0.2) is 22.1 Å². The molecular weight excluding hydrogens is 245 g/mol. The SMILES string of the molecule is CC(c1ccccc1F)N(C)c1ncc(CO)cn1. The van der Waals surface area contributed by atoms with E-state index in [0.29, 0.717) is 17.1 Å². The predicted molar refractivity (Wildman–Crippen MR) is 71.2 cm³/mol. The van der Waals surface area contributed by atoms with Crippen LogP contribution in [0, 0.1) is 5.82 Å². The van der Waals surface area contributed by atoms with Crippen LogP contribution in [0.3, 0.4) is 0 Å². The molecule has 1 aromatic carbocycles. The minimum absolute atomic E-state index is 0.0904. The van der Waals surface area contributed by atoms with Crippen molar-refractivity contribution in [3.8, 4) is 0 Å². The highest BCUT2D eigenvalue weighted by Crippen LogP contribution is 2.24. The molecule has 1 atom stereocenters. The second-order valence-electron chi connectivity index (χ2n) is 4.36. The summed E-state index contributed by atoms with van der Waals surface area (Å²) in [5, 5.41) is 8.95. The summed E-state index contributed by atoms with van der Waals surface area (Å²) < 4.78 is 13.7. The summed E-state index contributed by atoms with van der Waals surface area (Å²) in [6.45, 7) is 1.80. The van der Waals surface area contributed by atoms with Gasteiger partial charge in [0, 0.05) is 30.6 Å². The molecule has 1 aromatic heterocycles. The third-order valence-corrected chi connectivity index (χ3v) is 3.13. The summed E-state index contributed by atoms with van der Waals surface area (Å²) >= 11 is 0. The van der Waals surface area contributed by atoms with Crippen molar-refractivity contribution >= 4 is 5.95 Å². The van der Waals surface area contributed by atoms with Crippen LogP contribution in [0.2, 0.25) is 0 Å². The first-order valence-corrected chi connectivity index (χ1v) is 6.02. The Bertz CT molecular complexity index is 545. The molecule has 0 saturated carbocycles. The smallest absolute Gasteiger partial charge is 0.225 e. The Labute approximate surface area is 111 Å². The molecule has 0 aliphatic heterocycles. The van der Waals surface area contributed by atoms with Crippen molar-refractivity contribution in [2.24, 2.45) is 0 Å². The van der Waals surface area contributed by atoms with Gasteiger partial charge in [-0.2, -0.15) is 0 Å². The van der Waals surface area contributed by atoms with Gasteiger partial charge in [0.25, 0.3) is 0 Å². The normalized spacial score (nSPS) is 12.2. The van der Waals surface area contributed by atoms with Crippen LogP contribution in [-0.2, 0) is 6.61 Å². The monoisotopic (exact) mass is 261 g/mol. The fourth-order valence-electron chi connectivity index (χ4n) is 1.81. The number of hydrogen-bond acceptors (Lipinski definition) is 4. The molecule has 0 spiro atoms. The zero-order chi connectivity index (χ0) is 13.8. The molecule has 5 heteroatoms. The van der Waals surface area contributed by atoms with Crippen LogP contribution in [0.4, 0.5) is 10.3 Å². The number of hydrogen-bond donors (Lipinski definition) is 1. The van der Waals surface area contributed by atoms with E-state index >= 15 is 0 Å². The summed E-state index contributed by atoms with van der Waals surface area (Å²) in [4.78, 5) is 10.1. The van der Waals surface area contributed by atoms with E-state index in [1.165, 1.54) is 6.07 Å². The van der Waals surface area contributed by atoms with Gasteiger partial charge in [-0.25, -0.2) is 14.4 Å². The standard InChI is InChI=1S/C14H16FN3O/c1-10(12-5-3-4-6-13(12)15)18(2)14-16-7-11(9-19)8-17-14/h3-8,10,19H,9H2,1-2H3. The maximum Gasteiger partial charge on any atom is 0.225 e. The summed E-state index contributed by atoms with van der Waals surface area (Å²) in [7, 11) is 1.81. The molecule has 1 heterocycles. The van der Waals surface area contributed by atoms with E-state index < -0.39 is 0 Å². The average Bonchev–Trinajstić information content (AvgIpc) is 2.46. The van der Waals surface area contributed by atoms with E-state index in [1.807, 2.05) is 14.0 Å². The topological polar surface area (TPSA) is 49.2 Å². The van der Waals surface area contributed by atoms with Crippen molar-refractivity contribution in [3.05, 3.63) is 53.6 Å². The Kier molecular flexibility index (Phi) is 4.06. The molecule has 4 nitrogen and oxygen atoms in total. The zero-order valence-corrected chi connectivity index (χ0v) is 10.9. The van der Waals surface area contributed by atoms with Crippen molar-refractivity contribution in [3.63, 3.8) is 0 Å². The van der Waals surface area contributed by atoms with Crippen LogP contribution in [0.1, 0.15) is 24.1 Å². The second-order valence-corrected chi connectivity index (χ2v) is 4.36. The van der Waals surface area contributed by atoms with Gasteiger partial charge in [0.2, 0.25) is 5.95 Å². The molecule has 0 aliphatic rings. The fraction of sp³-hybridized carbons (Fsp3) is 0.286. The van der Waals surface area contributed by atoms with Crippen LogP contribution in [0.5, 0.6) is 0 Å². The number of rotatable bonds is 4. The highest BCUT2D eigenvalue weighted by molar-refractivity contribution is 5.35. The molecule has 0 saturated heterocycles. The molecule has 100 valence electrons. The lowest BCUT2D eigenvalue weighted by Crippen LogP contribution is -2.24. The summed E-state index contributed by atoms with van der Waals surface area (Å²) in [6.07, 6.45) is 3.12. The highest BCUT2D eigenvalue weighted by Gasteiger charge is 2.17. The molecular formula is C14H16FN3O. The number of aliphatic hydroxyl groups is 1. The molecule has 0 bridgehead atoms. The van der Waals surface area contributed by atoms with Gasteiger partial charge in [-0.1, -0.05) is 18.2 Å². The van der Waals surface area contributed by atoms with E-state index in [4.69, 9.17) is 5.11 Å². The van der Waals surface area contributed by atoms with Gasteiger partial charge in [-0.05, 0) is 13.0 Å². The zero-order valence-electron chi connectivity index (χ0n) is 10.9. The van der Waals surface area contributed by atoms with Crippen molar-refractivity contribution in [1.82, 2.24) is 9.97 Å². The average molecular weight is 261 g/mol. The highest BCUT2D eigenvalue weighted by atomic mass is 19.1. The molecule has 2 aromatic rings. The first kappa shape index (κ1) is 13.4. The van der Waals surface area contributed by atoms with Gasteiger partial charge < -0.3 is 10.0 Å². The van der Waals surface area contributed by atoms with E-state index in [-0.39, 0.29) is 18.5 Å². The second kappa shape index (κ2) is 5.75. The van der Waals surface area contributed by atoms with Crippen LogP contribution in [0.15, 0.2) is 36.7 Å². The maximum atomic E-state index is 13.7. The number of aromatic nitrogens is 2. The minimum Gasteiger partial charge on any atom is -0.392 e. The quantitative estimate of drug-likeness (QED) is 0.917. The van der Waals surface area contributed by atoms with Crippen LogP contribution < -0.4 is 4.90 Å². The summed E-state index contributed by atoms with van der Waals surface area (Å²) in [5.74, 6) is 0.252. The third-order valence-electron chi connectivity index (χ3n) is 3.13. The van der Waals surface area contributed by atoms with E-state index in [0.717, 1.165) is 0 Å².